The lowest BCUT2D eigenvalue weighted by Gasteiger charge is -2.39. The molecule has 2 unspecified atom stereocenters. The second-order valence-corrected chi connectivity index (χ2v) is 10.6. The van der Waals surface area contributed by atoms with Gasteiger partial charge in [0.15, 0.2) is 11.5 Å². The fraction of sp³-hybridized carbons (Fsp3) is 0.423. The highest BCUT2D eigenvalue weighted by Crippen LogP contribution is 2.70. The third-order valence-corrected chi connectivity index (χ3v) is 8.98. The molecule has 2 heterocycles. The van der Waals surface area contributed by atoms with Gasteiger partial charge in [-0.15, -0.1) is 0 Å². The van der Waals surface area contributed by atoms with Crippen molar-refractivity contribution in [2.45, 2.75) is 58.3 Å². The molecule has 1 saturated carbocycles. The first-order chi connectivity index (χ1) is 16.5. The quantitative estimate of drug-likeness (QED) is 0.426. The summed E-state index contributed by atoms with van der Waals surface area (Å²) >= 11 is 0. The van der Waals surface area contributed by atoms with E-state index >= 15 is 0 Å². The standard InChI is InChI=1S/C26H26N4O5/c1-13-8-17(18(30(32)33)9-14(13)2)29-23(31)26-7-6-25(5,24(26,3)4)21-22(26)28-16-11-20-19(34-12-35-20)10-15(16)27-21/h8-11H,6-7,12H2,1-5H3,(H,29,31). The van der Waals surface area contributed by atoms with Crippen LogP contribution in [0.3, 0.4) is 0 Å². The number of ether oxygens (including phenoxy) is 2. The first-order valence-electron chi connectivity index (χ1n) is 11.7. The molecule has 2 aliphatic carbocycles. The van der Waals surface area contributed by atoms with Crippen LogP contribution in [0.5, 0.6) is 11.5 Å². The van der Waals surface area contributed by atoms with Crippen LogP contribution in [-0.2, 0) is 15.6 Å². The summed E-state index contributed by atoms with van der Waals surface area (Å²) in [5.74, 6) is 0.948. The van der Waals surface area contributed by atoms with Crippen molar-refractivity contribution in [3.63, 3.8) is 0 Å². The van der Waals surface area contributed by atoms with E-state index in [1.54, 1.807) is 12.1 Å². The highest BCUT2D eigenvalue weighted by molar-refractivity contribution is 6.03. The summed E-state index contributed by atoms with van der Waals surface area (Å²) in [6, 6.07) is 6.81. The van der Waals surface area contributed by atoms with E-state index in [1.165, 1.54) is 6.07 Å². The van der Waals surface area contributed by atoms with E-state index in [0.717, 1.165) is 23.2 Å². The monoisotopic (exact) mass is 474 g/mol. The second kappa shape index (κ2) is 6.68. The van der Waals surface area contributed by atoms with Crippen LogP contribution in [-0.4, -0.2) is 27.6 Å². The van der Waals surface area contributed by atoms with Crippen LogP contribution >= 0.6 is 0 Å². The number of nitrogens with one attached hydrogen (secondary N) is 1. The van der Waals surface area contributed by atoms with Gasteiger partial charge in [-0.05, 0) is 49.3 Å². The largest absolute Gasteiger partial charge is 0.454 e. The van der Waals surface area contributed by atoms with Gasteiger partial charge < -0.3 is 14.8 Å². The van der Waals surface area contributed by atoms with Crippen LogP contribution in [0.15, 0.2) is 24.3 Å². The average molecular weight is 475 g/mol. The van der Waals surface area contributed by atoms with Crippen LogP contribution < -0.4 is 14.8 Å². The van der Waals surface area contributed by atoms with Crippen LogP contribution in [0.1, 0.15) is 56.1 Å². The van der Waals surface area contributed by atoms with Crippen molar-refractivity contribution in [3.05, 3.63) is 56.9 Å². The summed E-state index contributed by atoms with van der Waals surface area (Å²) in [7, 11) is 0. The number of amides is 1. The van der Waals surface area contributed by atoms with E-state index in [4.69, 9.17) is 19.4 Å². The van der Waals surface area contributed by atoms with Gasteiger partial charge in [-0.2, -0.15) is 0 Å². The maximum Gasteiger partial charge on any atom is 0.293 e. The van der Waals surface area contributed by atoms with Crippen molar-refractivity contribution >= 4 is 28.3 Å². The van der Waals surface area contributed by atoms with Crippen molar-refractivity contribution in [1.29, 1.82) is 0 Å². The summed E-state index contributed by atoms with van der Waals surface area (Å²) < 4.78 is 11.0. The second-order valence-electron chi connectivity index (χ2n) is 10.6. The SMILES string of the molecule is Cc1cc(NC(=O)C23CCC(C)(c4nc5cc6c(cc5nc42)OCO6)C3(C)C)c([N+](=O)[O-])cc1C. The number of nitro groups is 1. The van der Waals surface area contributed by atoms with Crippen molar-refractivity contribution in [3.8, 4) is 11.5 Å². The minimum absolute atomic E-state index is 0.119. The Morgan fingerprint density at radius 3 is 2.20 bits per heavy atom. The molecule has 9 nitrogen and oxygen atoms in total. The highest BCUT2D eigenvalue weighted by atomic mass is 16.7. The van der Waals surface area contributed by atoms with Crippen molar-refractivity contribution < 1.29 is 19.2 Å². The van der Waals surface area contributed by atoms with Gasteiger partial charge in [0.25, 0.3) is 5.69 Å². The molecule has 6 rings (SSSR count). The molecule has 3 aliphatic rings. The smallest absolute Gasteiger partial charge is 0.293 e. The lowest BCUT2D eigenvalue weighted by Crippen LogP contribution is -2.48. The van der Waals surface area contributed by atoms with Gasteiger partial charge in [-0.25, -0.2) is 9.97 Å². The predicted octanol–water partition coefficient (Wildman–Crippen LogP) is 4.85. The van der Waals surface area contributed by atoms with Gasteiger partial charge in [0.05, 0.1) is 32.8 Å². The maximum atomic E-state index is 14.2. The highest BCUT2D eigenvalue weighted by Gasteiger charge is 2.73. The Balaban J connectivity index is 1.53. The minimum atomic E-state index is -0.985. The Morgan fingerprint density at radius 1 is 0.971 bits per heavy atom. The first kappa shape index (κ1) is 21.8. The third-order valence-electron chi connectivity index (χ3n) is 8.98. The van der Waals surface area contributed by atoms with E-state index in [0.29, 0.717) is 34.6 Å². The molecule has 2 bridgehead atoms. The Kier molecular flexibility index (Phi) is 4.15. The first-order valence-corrected chi connectivity index (χ1v) is 11.7. The number of nitro benzene ring substituents is 1. The summed E-state index contributed by atoms with van der Waals surface area (Å²) in [6.07, 6.45) is 1.35. The van der Waals surface area contributed by atoms with Gasteiger partial charge in [0.2, 0.25) is 12.7 Å². The zero-order chi connectivity index (χ0) is 24.9. The summed E-state index contributed by atoms with van der Waals surface area (Å²) in [6.45, 7) is 10.1. The Morgan fingerprint density at radius 2 is 1.57 bits per heavy atom. The number of aryl methyl sites for hydroxylation is 2. The number of benzene rings is 2. The fourth-order valence-electron chi connectivity index (χ4n) is 6.28. The van der Waals surface area contributed by atoms with Gasteiger partial charge >= 0.3 is 0 Å². The number of aromatic nitrogens is 2. The number of hydrogen-bond acceptors (Lipinski definition) is 7. The predicted molar refractivity (Wildman–Crippen MR) is 129 cm³/mol. The fourth-order valence-corrected chi connectivity index (χ4v) is 6.28. The molecular weight excluding hydrogens is 448 g/mol. The normalized spacial score (nSPS) is 25.1. The molecule has 1 amide bonds. The minimum Gasteiger partial charge on any atom is -0.454 e. The maximum absolute atomic E-state index is 14.2. The van der Waals surface area contributed by atoms with E-state index in [9.17, 15) is 14.9 Å². The zero-order valence-electron chi connectivity index (χ0n) is 20.3. The van der Waals surface area contributed by atoms with Gasteiger partial charge in [-0.1, -0.05) is 20.8 Å². The molecule has 1 aliphatic heterocycles. The van der Waals surface area contributed by atoms with Crippen LogP contribution in [0, 0.1) is 29.4 Å². The Hall–Kier alpha value is -3.75. The topological polar surface area (TPSA) is 116 Å². The molecule has 0 radical (unpaired) electrons. The Labute approximate surface area is 202 Å². The molecule has 1 fully saturated rings. The van der Waals surface area contributed by atoms with Crippen LogP contribution in [0.25, 0.3) is 11.0 Å². The lowest BCUT2D eigenvalue weighted by atomic mass is 9.63. The van der Waals surface area contributed by atoms with E-state index < -0.39 is 15.8 Å². The molecule has 180 valence electrons. The molecule has 0 spiro atoms. The molecule has 1 N–H and O–H groups in total. The number of fused-ring (bicyclic) bond motifs is 7. The van der Waals surface area contributed by atoms with Gasteiger partial charge in [0.1, 0.15) is 5.69 Å². The van der Waals surface area contributed by atoms with Crippen molar-refractivity contribution in [1.82, 2.24) is 9.97 Å². The molecule has 1 aromatic heterocycles. The molecule has 9 heteroatoms. The van der Waals surface area contributed by atoms with E-state index in [1.807, 2.05) is 19.9 Å². The number of carbonyl (C=O) groups is 1. The number of rotatable bonds is 3. The van der Waals surface area contributed by atoms with Crippen LogP contribution in [0.4, 0.5) is 11.4 Å². The Bertz CT molecular complexity index is 1480. The molecule has 3 aromatic rings. The zero-order valence-corrected chi connectivity index (χ0v) is 20.3. The van der Waals surface area contributed by atoms with Gasteiger partial charge in [-0.3, -0.25) is 14.9 Å². The number of nitrogens with zero attached hydrogens (tertiary/aromatic N) is 3. The molecular formula is C26H26N4O5. The van der Waals surface area contributed by atoms with Crippen LogP contribution in [0.2, 0.25) is 0 Å². The van der Waals surface area contributed by atoms with E-state index in [-0.39, 0.29) is 29.5 Å². The lowest BCUT2D eigenvalue weighted by molar-refractivity contribution is -0.384. The molecule has 35 heavy (non-hydrogen) atoms. The summed E-state index contributed by atoms with van der Waals surface area (Å²) in [5, 5.41) is 14.7. The van der Waals surface area contributed by atoms with Crippen molar-refractivity contribution in [2.24, 2.45) is 5.41 Å². The summed E-state index contributed by atoms with van der Waals surface area (Å²) in [5.41, 5.74) is 2.64. The molecule has 2 atom stereocenters. The molecule has 2 aromatic carbocycles. The summed E-state index contributed by atoms with van der Waals surface area (Å²) in [4.78, 5) is 35.5. The number of hydrogen-bond donors (Lipinski definition) is 1. The third kappa shape index (κ3) is 2.55. The van der Waals surface area contributed by atoms with E-state index in [2.05, 4.69) is 26.1 Å². The average Bonchev–Trinajstić information content (AvgIpc) is 3.37. The van der Waals surface area contributed by atoms with Crippen molar-refractivity contribution in [2.75, 3.05) is 12.1 Å². The molecule has 0 saturated heterocycles. The number of anilines is 1. The van der Waals surface area contributed by atoms with Gasteiger partial charge in [0, 0.05) is 23.6 Å². The number of carbonyl (C=O) groups excluding carboxylic acids is 1.